The first-order valence-electron chi connectivity index (χ1n) is 12.5. The molecule has 4 aliphatic carbocycles. The molecule has 0 heterocycles. The van der Waals surface area contributed by atoms with Crippen molar-refractivity contribution in [2.45, 2.75) is 110 Å². The smallest absolute Gasteiger partial charge is 0.00182 e. The third-order valence-corrected chi connectivity index (χ3v) is 8.10. The van der Waals surface area contributed by atoms with E-state index in [0.717, 1.165) is 0 Å². The van der Waals surface area contributed by atoms with Crippen molar-refractivity contribution in [1.82, 2.24) is 0 Å². The van der Waals surface area contributed by atoms with Gasteiger partial charge >= 0.3 is 0 Å². The van der Waals surface area contributed by atoms with E-state index in [0.29, 0.717) is 17.3 Å². The summed E-state index contributed by atoms with van der Waals surface area (Å²) in [6.07, 6.45) is 31.7. The van der Waals surface area contributed by atoms with Crippen molar-refractivity contribution in [2.75, 3.05) is 0 Å². The quantitative estimate of drug-likeness (QED) is 0.450. The van der Waals surface area contributed by atoms with Gasteiger partial charge < -0.3 is 0 Å². The van der Waals surface area contributed by atoms with Gasteiger partial charge in [-0.15, -0.1) is 0 Å². The zero-order valence-electron chi connectivity index (χ0n) is 18.6. The molecule has 0 aromatic heterocycles. The van der Waals surface area contributed by atoms with Gasteiger partial charge in [-0.05, 0) is 79.1 Å². The molecule has 0 aliphatic heterocycles. The van der Waals surface area contributed by atoms with Crippen LogP contribution in [0.4, 0.5) is 0 Å². The molecule has 0 heteroatoms. The van der Waals surface area contributed by atoms with Crippen molar-refractivity contribution in [3.8, 4) is 0 Å². The summed E-state index contributed by atoms with van der Waals surface area (Å²) in [5.41, 5.74) is 7.12. The molecule has 0 amide bonds. The van der Waals surface area contributed by atoms with E-state index >= 15 is 0 Å². The maximum absolute atomic E-state index is 2.69. The van der Waals surface area contributed by atoms with Gasteiger partial charge in [0.1, 0.15) is 0 Å². The second-order valence-corrected chi connectivity index (χ2v) is 10.5. The van der Waals surface area contributed by atoms with E-state index in [1.165, 1.54) is 96.3 Å². The van der Waals surface area contributed by atoms with Gasteiger partial charge in [0.2, 0.25) is 0 Å². The highest BCUT2D eigenvalue weighted by atomic mass is 14.4. The first-order chi connectivity index (χ1) is 13.6. The molecule has 0 saturated heterocycles. The van der Waals surface area contributed by atoms with Crippen LogP contribution >= 0.6 is 0 Å². The van der Waals surface area contributed by atoms with Crippen LogP contribution < -0.4 is 0 Å². The first-order valence-corrected chi connectivity index (χ1v) is 12.5. The molecule has 4 rings (SSSR count). The Morgan fingerprint density at radius 3 is 1.04 bits per heavy atom. The molecule has 28 heavy (non-hydrogen) atoms. The summed E-state index contributed by atoms with van der Waals surface area (Å²) in [4.78, 5) is 0. The van der Waals surface area contributed by atoms with E-state index in [9.17, 15) is 0 Å². The minimum atomic E-state index is 0.299. The molecule has 0 bridgehead atoms. The summed E-state index contributed by atoms with van der Waals surface area (Å²) in [6, 6.07) is 0. The second kappa shape index (κ2) is 9.19. The third-order valence-electron chi connectivity index (χ3n) is 8.10. The van der Waals surface area contributed by atoms with Gasteiger partial charge in [-0.3, -0.25) is 0 Å². The first kappa shape index (κ1) is 20.2. The van der Waals surface area contributed by atoms with E-state index in [-0.39, 0.29) is 0 Å². The zero-order valence-corrected chi connectivity index (χ0v) is 18.6. The Labute approximate surface area is 174 Å². The van der Waals surface area contributed by atoms with Crippen molar-refractivity contribution in [2.24, 2.45) is 17.3 Å². The molecule has 0 atom stereocenters. The average Bonchev–Trinajstić information content (AvgIpc) is 3.21. The Kier molecular flexibility index (Phi) is 6.64. The van der Waals surface area contributed by atoms with E-state index in [1.807, 2.05) is 0 Å². The molecular weight excluding hydrogens is 336 g/mol. The minimum Gasteiger partial charge on any atom is -0.0736 e. The number of hydrogen-bond acceptors (Lipinski definition) is 0. The molecule has 0 aromatic rings. The summed E-state index contributed by atoms with van der Waals surface area (Å²) in [5.74, 6) is 1.24. The lowest BCUT2D eigenvalue weighted by atomic mass is 9.70. The lowest BCUT2D eigenvalue weighted by Crippen LogP contribution is -2.27. The van der Waals surface area contributed by atoms with Crippen LogP contribution in [-0.4, -0.2) is 0 Å². The fourth-order valence-electron chi connectivity index (χ4n) is 5.95. The highest BCUT2D eigenvalue weighted by molar-refractivity contribution is 5.44. The standard InChI is InChI=1S/C28H42/c1-28(2,27-20-24-16-12-9-13-17-25(24)21-27)26-18-22-14-10-7-5-3-4-6-8-11-15-23(22)19-26/h18-21,26-27H,3-17H2,1-2H3. The van der Waals surface area contributed by atoms with E-state index in [1.54, 1.807) is 22.3 Å². The Hall–Kier alpha value is -1.04. The van der Waals surface area contributed by atoms with Crippen LogP contribution in [0.3, 0.4) is 0 Å². The Morgan fingerprint density at radius 1 is 0.464 bits per heavy atom. The summed E-state index contributed by atoms with van der Waals surface area (Å²) in [6.45, 7) is 5.06. The number of allylic oxidation sites excluding steroid dienone is 8. The van der Waals surface area contributed by atoms with Crippen LogP contribution in [0.15, 0.2) is 46.6 Å². The molecule has 2 saturated carbocycles. The summed E-state index contributed by atoms with van der Waals surface area (Å²) in [7, 11) is 0. The van der Waals surface area contributed by atoms with Crippen LogP contribution in [0.2, 0.25) is 0 Å². The normalized spacial score (nSPS) is 26.1. The van der Waals surface area contributed by atoms with Gasteiger partial charge in [-0.2, -0.15) is 0 Å². The van der Waals surface area contributed by atoms with E-state index in [4.69, 9.17) is 0 Å². The summed E-state index contributed by atoms with van der Waals surface area (Å²) < 4.78 is 0. The van der Waals surface area contributed by atoms with Gasteiger partial charge in [-0.1, -0.05) is 83.1 Å². The molecule has 0 aromatic carbocycles. The lowest BCUT2D eigenvalue weighted by molar-refractivity contribution is 0.251. The van der Waals surface area contributed by atoms with Crippen molar-refractivity contribution >= 4 is 0 Å². The predicted molar refractivity (Wildman–Crippen MR) is 122 cm³/mol. The van der Waals surface area contributed by atoms with Gasteiger partial charge in [-0.25, -0.2) is 0 Å². The summed E-state index contributed by atoms with van der Waals surface area (Å²) >= 11 is 0. The molecule has 2 fully saturated rings. The number of fused-ring (bicyclic) bond motifs is 2. The molecular formula is C28H42. The van der Waals surface area contributed by atoms with E-state index < -0.39 is 0 Å². The van der Waals surface area contributed by atoms with Gasteiger partial charge in [0.05, 0.1) is 0 Å². The minimum absolute atomic E-state index is 0.299. The Balaban J connectivity index is 1.50. The molecule has 154 valence electrons. The van der Waals surface area contributed by atoms with Crippen LogP contribution in [0, 0.1) is 17.3 Å². The van der Waals surface area contributed by atoms with E-state index in [2.05, 4.69) is 38.2 Å². The van der Waals surface area contributed by atoms with Crippen LogP contribution in [0.25, 0.3) is 0 Å². The molecule has 0 radical (unpaired) electrons. The van der Waals surface area contributed by atoms with Crippen LogP contribution in [-0.2, 0) is 0 Å². The average molecular weight is 379 g/mol. The largest absolute Gasteiger partial charge is 0.0736 e. The highest BCUT2D eigenvalue weighted by Gasteiger charge is 2.38. The SMILES string of the molecule is CC(C)(C1C=C2CCCCCCCCCCC2=C1)C1C=C2CCCCCC2=C1. The number of rotatable bonds is 2. The Bertz CT molecular complexity index is 616. The second-order valence-electron chi connectivity index (χ2n) is 10.5. The molecule has 0 nitrogen and oxygen atoms in total. The fraction of sp³-hybridized carbons (Fsp3) is 0.714. The topological polar surface area (TPSA) is 0 Å². The maximum atomic E-state index is 2.69. The van der Waals surface area contributed by atoms with Crippen molar-refractivity contribution < 1.29 is 0 Å². The van der Waals surface area contributed by atoms with Crippen molar-refractivity contribution in [3.05, 3.63) is 46.6 Å². The van der Waals surface area contributed by atoms with Crippen molar-refractivity contribution in [3.63, 3.8) is 0 Å². The molecule has 4 aliphatic rings. The molecule has 0 unspecified atom stereocenters. The third kappa shape index (κ3) is 4.58. The lowest BCUT2D eigenvalue weighted by Gasteiger charge is -2.34. The van der Waals surface area contributed by atoms with Crippen LogP contribution in [0.5, 0.6) is 0 Å². The fourth-order valence-corrected chi connectivity index (χ4v) is 5.95. The van der Waals surface area contributed by atoms with Gasteiger partial charge in [0.25, 0.3) is 0 Å². The van der Waals surface area contributed by atoms with Gasteiger partial charge in [0, 0.05) is 11.8 Å². The zero-order chi connectivity index (χ0) is 19.4. The molecule has 0 spiro atoms. The maximum Gasteiger partial charge on any atom is 0.00182 e. The predicted octanol–water partition coefficient (Wildman–Crippen LogP) is 8.86. The summed E-state index contributed by atoms with van der Waals surface area (Å²) in [5, 5.41) is 0. The number of hydrogen-bond donors (Lipinski definition) is 0. The van der Waals surface area contributed by atoms with Crippen molar-refractivity contribution in [1.29, 1.82) is 0 Å². The van der Waals surface area contributed by atoms with Crippen LogP contribution in [0.1, 0.15) is 110 Å². The molecule has 0 N–H and O–H groups in total. The monoisotopic (exact) mass is 378 g/mol. The van der Waals surface area contributed by atoms with Gasteiger partial charge in [0.15, 0.2) is 0 Å². The highest BCUT2D eigenvalue weighted by Crippen LogP contribution is 2.49. The Morgan fingerprint density at radius 2 is 0.714 bits per heavy atom.